The summed E-state index contributed by atoms with van der Waals surface area (Å²) in [4.78, 5) is 3.53. The molecule has 0 saturated carbocycles. The van der Waals surface area contributed by atoms with Crippen LogP contribution in [0.25, 0.3) is 5.13 Å². The smallest absolute Gasteiger partial charge is 0.206 e. The van der Waals surface area contributed by atoms with Crippen molar-refractivity contribution < 1.29 is 13.2 Å². The summed E-state index contributed by atoms with van der Waals surface area (Å²) in [5.74, 6) is -0.149. The van der Waals surface area contributed by atoms with Gasteiger partial charge in [-0.2, -0.15) is 23.1 Å². The van der Waals surface area contributed by atoms with E-state index in [1.165, 1.54) is 0 Å². The van der Waals surface area contributed by atoms with Crippen LogP contribution in [-0.4, -0.2) is 25.0 Å². The highest BCUT2D eigenvalue weighted by molar-refractivity contribution is 7.13. The van der Waals surface area contributed by atoms with Gasteiger partial charge in [0.15, 0.2) is 0 Å². The van der Waals surface area contributed by atoms with Gasteiger partial charge in [-0.1, -0.05) is 11.3 Å². The molecule has 0 unspecified atom stereocenters. The SMILES string of the molecule is N#Cc1ncn(-c2nnc(C(F)(F)F)s2)n1. The van der Waals surface area contributed by atoms with Gasteiger partial charge in [0.05, 0.1) is 0 Å². The molecule has 0 fully saturated rings. The summed E-state index contributed by atoms with van der Waals surface area (Å²) >= 11 is 0.321. The molecule has 2 aromatic heterocycles. The van der Waals surface area contributed by atoms with Crippen LogP contribution in [0.4, 0.5) is 13.2 Å². The molecule has 0 aliphatic carbocycles. The molecule has 0 spiro atoms. The third-order valence-corrected chi connectivity index (χ3v) is 2.40. The van der Waals surface area contributed by atoms with Gasteiger partial charge >= 0.3 is 6.18 Å². The first kappa shape index (κ1) is 10.5. The Hall–Kier alpha value is -2.02. The van der Waals surface area contributed by atoms with Gasteiger partial charge in [-0.05, 0) is 0 Å². The molecule has 2 heterocycles. The summed E-state index contributed by atoms with van der Waals surface area (Å²) in [6, 6.07) is 1.65. The van der Waals surface area contributed by atoms with Gasteiger partial charge < -0.3 is 0 Å². The first-order chi connectivity index (χ1) is 7.50. The molecule has 16 heavy (non-hydrogen) atoms. The fourth-order valence-corrected chi connectivity index (χ4v) is 1.46. The van der Waals surface area contributed by atoms with E-state index in [9.17, 15) is 13.2 Å². The van der Waals surface area contributed by atoms with Crippen molar-refractivity contribution in [2.75, 3.05) is 0 Å². The fourth-order valence-electron chi connectivity index (χ4n) is 0.829. The molecule has 0 aliphatic heterocycles. The molecule has 0 aromatic carbocycles. The summed E-state index contributed by atoms with van der Waals surface area (Å²) in [5, 5.41) is 17.1. The highest BCUT2D eigenvalue weighted by Crippen LogP contribution is 2.32. The van der Waals surface area contributed by atoms with Crippen LogP contribution in [0, 0.1) is 11.3 Å². The maximum Gasteiger partial charge on any atom is 0.445 e. The van der Waals surface area contributed by atoms with E-state index in [4.69, 9.17) is 5.26 Å². The number of nitrogens with zero attached hydrogens (tertiary/aromatic N) is 6. The minimum Gasteiger partial charge on any atom is -0.206 e. The molecule has 0 bridgehead atoms. The summed E-state index contributed by atoms with van der Waals surface area (Å²) in [5.41, 5.74) is 0. The van der Waals surface area contributed by atoms with Crippen LogP contribution in [0.5, 0.6) is 0 Å². The van der Waals surface area contributed by atoms with E-state index in [2.05, 4.69) is 20.3 Å². The molecular weight excluding hydrogens is 245 g/mol. The van der Waals surface area contributed by atoms with Crippen molar-refractivity contribution >= 4 is 11.3 Å². The molecule has 0 saturated heterocycles. The molecular formula is C6HF3N6S. The van der Waals surface area contributed by atoms with Gasteiger partial charge in [0.25, 0.3) is 5.82 Å². The van der Waals surface area contributed by atoms with E-state index in [0.717, 1.165) is 11.0 Å². The molecule has 0 N–H and O–H groups in total. The third-order valence-electron chi connectivity index (χ3n) is 1.44. The Morgan fingerprint density at radius 2 is 2.12 bits per heavy atom. The predicted molar refractivity (Wildman–Crippen MR) is 44.5 cm³/mol. The normalized spacial score (nSPS) is 11.4. The molecule has 2 aromatic rings. The van der Waals surface area contributed by atoms with Crippen LogP contribution in [-0.2, 0) is 6.18 Å². The Balaban J connectivity index is 2.36. The predicted octanol–water partition coefficient (Wildman–Crippen LogP) is 1.01. The molecule has 0 aliphatic rings. The highest BCUT2D eigenvalue weighted by atomic mass is 32.1. The highest BCUT2D eigenvalue weighted by Gasteiger charge is 2.35. The first-order valence-electron chi connectivity index (χ1n) is 3.73. The standard InChI is InChI=1S/C6HF3N6S/c7-6(8,9)4-12-13-5(16-4)15-2-11-3(1-10)14-15/h2H. The zero-order valence-corrected chi connectivity index (χ0v) is 8.12. The van der Waals surface area contributed by atoms with Gasteiger partial charge in [0.2, 0.25) is 10.1 Å². The van der Waals surface area contributed by atoms with Crippen molar-refractivity contribution in [2.24, 2.45) is 0 Å². The third kappa shape index (κ3) is 1.84. The Labute approximate surface area is 90.0 Å². The summed E-state index contributed by atoms with van der Waals surface area (Å²) in [6.45, 7) is 0. The number of halogens is 3. The lowest BCUT2D eigenvalue weighted by Gasteiger charge is -1.97. The zero-order chi connectivity index (χ0) is 11.8. The number of nitriles is 1. The minimum atomic E-state index is -4.53. The van der Waals surface area contributed by atoms with Crippen molar-refractivity contribution in [3.8, 4) is 11.2 Å². The molecule has 0 amide bonds. The molecule has 2 rings (SSSR count). The second kappa shape index (κ2) is 3.53. The van der Waals surface area contributed by atoms with Gasteiger partial charge in [0.1, 0.15) is 12.4 Å². The maximum atomic E-state index is 12.2. The largest absolute Gasteiger partial charge is 0.445 e. The number of alkyl halides is 3. The lowest BCUT2D eigenvalue weighted by atomic mass is 10.7. The second-order valence-electron chi connectivity index (χ2n) is 2.51. The zero-order valence-electron chi connectivity index (χ0n) is 7.30. The lowest BCUT2D eigenvalue weighted by Crippen LogP contribution is -2.03. The summed E-state index contributed by atoms with van der Waals surface area (Å²) < 4.78 is 37.6. The number of hydrogen-bond acceptors (Lipinski definition) is 6. The van der Waals surface area contributed by atoms with Gasteiger partial charge in [0, 0.05) is 0 Å². The van der Waals surface area contributed by atoms with Crippen molar-refractivity contribution in [1.82, 2.24) is 25.0 Å². The second-order valence-corrected chi connectivity index (χ2v) is 3.47. The van der Waals surface area contributed by atoms with E-state index >= 15 is 0 Å². The van der Waals surface area contributed by atoms with Crippen molar-refractivity contribution in [1.29, 1.82) is 5.26 Å². The van der Waals surface area contributed by atoms with Crippen LogP contribution < -0.4 is 0 Å². The quantitative estimate of drug-likeness (QED) is 0.750. The Morgan fingerprint density at radius 1 is 1.38 bits per heavy atom. The summed E-state index contributed by atoms with van der Waals surface area (Å²) in [7, 11) is 0. The number of rotatable bonds is 1. The van der Waals surface area contributed by atoms with Crippen LogP contribution in [0.2, 0.25) is 0 Å². The van der Waals surface area contributed by atoms with Crippen molar-refractivity contribution in [3.05, 3.63) is 17.2 Å². The molecule has 6 nitrogen and oxygen atoms in total. The maximum absolute atomic E-state index is 12.2. The van der Waals surface area contributed by atoms with Gasteiger partial charge in [-0.3, -0.25) is 0 Å². The Bertz CT molecular complexity index is 549. The average molecular weight is 246 g/mol. The van der Waals surface area contributed by atoms with Gasteiger partial charge in [-0.15, -0.1) is 15.3 Å². The topological polar surface area (TPSA) is 80.3 Å². The van der Waals surface area contributed by atoms with Crippen molar-refractivity contribution in [3.63, 3.8) is 0 Å². The number of hydrogen-bond donors (Lipinski definition) is 0. The molecule has 0 atom stereocenters. The Kier molecular flexibility index (Phi) is 2.31. The van der Waals surface area contributed by atoms with E-state index in [1.807, 2.05) is 0 Å². The Morgan fingerprint density at radius 3 is 2.62 bits per heavy atom. The van der Waals surface area contributed by atoms with E-state index in [0.29, 0.717) is 11.3 Å². The lowest BCUT2D eigenvalue weighted by molar-refractivity contribution is -0.138. The van der Waals surface area contributed by atoms with Crippen LogP contribution in [0.15, 0.2) is 6.33 Å². The fraction of sp³-hybridized carbons (Fsp3) is 0.167. The van der Waals surface area contributed by atoms with Crippen molar-refractivity contribution in [2.45, 2.75) is 6.18 Å². The van der Waals surface area contributed by atoms with E-state index in [1.54, 1.807) is 6.07 Å². The van der Waals surface area contributed by atoms with Gasteiger partial charge in [-0.25, -0.2) is 4.98 Å². The minimum absolute atomic E-state index is 0.0960. The van der Waals surface area contributed by atoms with Crippen LogP contribution in [0.1, 0.15) is 10.8 Å². The number of aromatic nitrogens is 5. The average Bonchev–Trinajstić information content (AvgIpc) is 2.85. The summed E-state index contributed by atoms with van der Waals surface area (Å²) in [6.07, 6.45) is -3.44. The van der Waals surface area contributed by atoms with E-state index < -0.39 is 11.2 Å². The molecule has 0 radical (unpaired) electrons. The molecule has 10 heteroatoms. The molecule has 82 valence electrons. The van der Waals surface area contributed by atoms with Crippen LogP contribution >= 0.6 is 11.3 Å². The van der Waals surface area contributed by atoms with E-state index in [-0.39, 0.29) is 11.0 Å². The monoisotopic (exact) mass is 246 g/mol. The first-order valence-corrected chi connectivity index (χ1v) is 4.55. The van der Waals surface area contributed by atoms with Crippen LogP contribution in [0.3, 0.4) is 0 Å².